The number of piperazine rings is 1. The summed E-state index contributed by atoms with van der Waals surface area (Å²) in [5.41, 5.74) is 0.851. The molecule has 9 nitrogen and oxygen atoms in total. The SMILES string of the molecule is CN(C1CCCCC1)S(=O)(=O)N1CCN(c2ccc3nnc(-c4ccccc4F)n3n2)CC1. The van der Waals surface area contributed by atoms with Gasteiger partial charge in [-0.2, -0.15) is 21.5 Å². The van der Waals surface area contributed by atoms with Gasteiger partial charge in [0.2, 0.25) is 0 Å². The minimum atomic E-state index is -3.49. The molecule has 0 bridgehead atoms. The molecule has 0 unspecified atom stereocenters. The normalized spacial score (nSPS) is 18.9. The lowest BCUT2D eigenvalue weighted by molar-refractivity contribution is 0.259. The number of benzene rings is 1. The monoisotopic (exact) mass is 473 g/mol. The average molecular weight is 474 g/mol. The fourth-order valence-corrected chi connectivity index (χ4v) is 6.30. The number of hydrogen-bond donors (Lipinski definition) is 0. The molecule has 2 fully saturated rings. The van der Waals surface area contributed by atoms with Crippen LogP contribution < -0.4 is 4.90 Å². The summed E-state index contributed by atoms with van der Waals surface area (Å²) in [4.78, 5) is 2.04. The second-order valence-corrected chi connectivity index (χ2v) is 10.7. The molecule has 3 aromatic rings. The van der Waals surface area contributed by atoms with E-state index in [4.69, 9.17) is 0 Å². The van der Waals surface area contributed by atoms with Gasteiger partial charge in [-0.15, -0.1) is 15.3 Å². The van der Waals surface area contributed by atoms with Crippen molar-refractivity contribution in [1.82, 2.24) is 28.4 Å². The van der Waals surface area contributed by atoms with Crippen molar-refractivity contribution < 1.29 is 12.8 Å². The molecule has 11 heteroatoms. The largest absolute Gasteiger partial charge is 0.353 e. The lowest BCUT2D eigenvalue weighted by atomic mass is 9.96. The minimum absolute atomic E-state index is 0.0939. The Labute approximate surface area is 193 Å². The van der Waals surface area contributed by atoms with Crippen LogP contribution in [-0.4, -0.2) is 76.1 Å². The van der Waals surface area contributed by atoms with Gasteiger partial charge >= 0.3 is 0 Å². The molecule has 176 valence electrons. The maximum atomic E-state index is 14.3. The van der Waals surface area contributed by atoms with Gasteiger partial charge in [-0.3, -0.25) is 0 Å². The van der Waals surface area contributed by atoms with E-state index in [1.165, 1.54) is 17.0 Å². The summed E-state index contributed by atoms with van der Waals surface area (Å²) in [6.45, 7) is 1.82. The third kappa shape index (κ3) is 4.20. The number of aromatic nitrogens is 4. The maximum Gasteiger partial charge on any atom is 0.282 e. The molecule has 3 heterocycles. The van der Waals surface area contributed by atoms with E-state index in [1.54, 1.807) is 39.9 Å². The van der Waals surface area contributed by atoms with Gasteiger partial charge in [-0.05, 0) is 37.1 Å². The number of anilines is 1. The predicted molar refractivity (Wildman–Crippen MR) is 124 cm³/mol. The first kappa shape index (κ1) is 22.2. The summed E-state index contributed by atoms with van der Waals surface area (Å²) in [7, 11) is -1.78. The van der Waals surface area contributed by atoms with E-state index in [1.807, 2.05) is 11.0 Å². The summed E-state index contributed by atoms with van der Waals surface area (Å²) in [5, 5.41) is 12.9. The number of hydrogen-bond acceptors (Lipinski definition) is 6. The number of halogens is 1. The molecule has 0 N–H and O–H groups in total. The van der Waals surface area contributed by atoms with E-state index in [9.17, 15) is 12.8 Å². The fraction of sp³-hybridized carbons (Fsp3) is 0.500. The van der Waals surface area contributed by atoms with E-state index >= 15 is 0 Å². The fourth-order valence-electron chi connectivity index (χ4n) is 4.72. The quantitative estimate of drug-likeness (QED) is 0.566. The van der Waals surface area contributed by atoms with Crippen LogP contribution in [0, 0.1) is 5.82 Å². The molecule has 1 aliphatic carbocycles. The van der Waals surface area contributed by atoms with Gasteiger partial charge in [0.05, 0.1) is 5.56 Å². The highest BCUT2D eigenvalue weighted by Gasteiger charge is 2.34. The highest BCUT2D eigenvalue weighted by atomic mass is 32.2. The topological polar surface area (TPSA) is 86.9 Å². The van der Waals surface area contributed by atoms with Crippen molar-refractivity contribution in [2.75, 3.05) is 38.1 Å². The van der Waals surface area contributed by atoms with Gasteiger partial charge < -0.3 is 4.90 Å². The predicted octanol–water partition coefficient (Wildman–Crippen LogP) is 2.56. The van der Waals surface area contributed by atoms with Crippen LogP contribution in [0.3, 0.4) is 0 Å². The lowest BCUT2D eigenvalue weighted by Gasteiger charge is -2.39. The summed E-state index contributed by atoms with van der Waals surface area (Å²) in [6.07, 6.45) is 5.23. The van der Waals surface area contributed by atoms with Crippen LogP contribution in [0.25, 0.3) is 17.0 Å². The molecule has 5 rings (SSSR count). The van der Waals surface area contributed by atoms with Crippen LogP contribution in [0.4, 0.5) is 10.2 Å². The third-order valence-corrected chi connectivity index (χ3v) is 8.75. The van der Waals surface area contributed by atoms with Gasteiger partial charge in [0.25, 0.3) is 10.2 Å². The van der Waals surface area contributed by atoms with E-state index < -0.39 is 10.2 Å². The van der Waals surface area contributed by atoms with Crippen LogP contribution in [0.2, 0.25) is 0 Å². The molecule has 1 aromatic carbocycles. The van der Waals surface area contributed by atoms with Crippen molar-refractivity contribution in [2.45, 2.75) is 38.1 Å². The highest BCUT2D eigenvalue weighted by molar-refractivity contribution is 7.86. The summed E-state index contributed by atoms with van der Waals surface area (Å²) < 4.78 is 45.3. The van der Waals surface area contributed by atoms with Crippen molar-refractivity contribution in [3.63, 3.8) is 0 Å². The Morgan fingerprint density at radius 1 is 0.970 bits per heavy atom. The highest BCUT2D eigenvalue weighted by Crippen LogP contribution is 2.26. The van der Waals surface area contributed by atoms with Crippen molar-refractivity contribution in [2.24, 2.45) is 0 Å². The number of rotatable bonds is 5. The molecule has 0 atom stereocenters. The van der Waals surface area contributed by atoms with E-state index in [0.29, 0.717) is 49.0 Å². The van der Waals surface area contributed by atoms with Crippen LogP contribution in [0.5, 0.6) is 0 Å². The van der Waals surface area contributed by atoms with Crippen molar-refractivity contribution in [3.05, 3.63) is 42.2 Å². The molecule has 2 aromatic heterocycles. The van der Waals surface area contributed by atoms with Crippen molar-refractivity contribution in [3.8, 4) is 11.4 Å². The second-order valence-electron chi connectivity index (χ2n) is 8.67. The number of nitrogens with zero attached hydrogens (tertiary/aromatic N) is 7. The van der Waals surface area contributed by atoms with Crippen molar-refractivity contribution >= 4 is 21.7 Å². The van der Waals surface area contributed by atoms with Gasteiger partial charge in [-0.25, -0.2) is 4.39 Å². The van der Waals surface area contributed by atoms with Crippen LogP contribution in [0.1, 0.15) is 32.1 Å². The van der Waals surface area contributed by atoms with Gasteiger partial charge in [0.15, 0.2) is 11.5 Å². The average Bonchev–Trinajstić information content (AvgIpc) is 3.27. The second kappa shape index (κ2) is 8.96. The van der Waals surface area contributed by atoms with E-state index in [-0.39, 0.29) is 11.9 Å². The Morgan fingerprint density at radius 3 is 2.42 bits per heavy atom. The zero-order valence-electron chi connectivity index (χ0n) is 18.6. The zero-order valence-corrected chi connectivity index (χ0v) is 19.5. The molecule has 0 amide bonds. The van der Waals surface area contributed by atoms with Crippen molar-refractivity contribution in [1.29, 1.82) is 0 Å². The lowest BCUT2D eigenvalue weighted by Crippen LogP contribution is -2.54. The van der Waals surface area contributed by atoms with Gasteiger partial charge in [-0.1, -0.05) is 31.4 Å². The van der Waals surface area contributed by atoms with E-state index in [0.717, 1.165) is 25.7 Å². The molecule has 1 saturated heterocycles. The summed E-state index contributed by atoms with van der Waals surface area (Å²) >= 11 is 0. The Balaban J connectivity index is 1.32. The number of fused-ring (bicyclic) bond motifs is 1. The Kier molecular flexibility index (Phi) is 6.02. The summed E-state index contributed by atoms with van der Waals surface area (Å²) in [6, 6.07) is 10.1. The molecular formula is C22H28FN7O2S. The Morgan fingerprint density at radius 2 is 1.70 bits per heavy atom. The molecule has 1 aliphatic heterocycles. The Hall–Kier alpha value is -2.63. The van der Waals surface area contributed by atoms with Gasteiger partial charge in [0.1, 0.15) is 11.6 Å². The molecular weight excluding hydrogens is 445 g/mol. The van der Waals surface area contributed by atoms with E-state index in [2.05, 4.69) is 15.3 Å². The Bertz CT molecular complexity index is 1230. The minimum Gasteiger partial charge on any atom is -0.353 e. The van der Waals surface area contributed by atoms with Crippen LogP contribution >= 0.6 is 0 Å². The summed E-state index contributed by atoms with van der Waals surface area (Å²) in [5.74, 6) is 0.623. The maximum absolute atomic E-state index is 14.3. The molecule has 1 saturated carbocycles. The zero-order chi connectivity index (χ0) is 23.0. The third-order valence-electron chi connectivity index (χ3n) is 6.71. The smallest absolute Gasteiger partial charge is 0.282 e. The first-order valence-electron chi connectivity index (χ1n) is 11.4. The first-order chi connectivity index (χ1) is 15.9. The molecule has 33 heavy (non-hydrogen) atoms. The van der Waals surface area contributed by atoms with Crippen LogP contribution in [-0.2, 0) is 10.2 Å². The standard InChI is InChI=1S/C22H28FN7O2S/c1-27(17-7-3-2-4-8-17)33(31,32)29-15-13-28(14-16-29)21-12-11-20-24-25-22(30(20)26-21)18-9-5-6-10-19(18)23/h5-6,9-12,17H,2-4,7-8,13-16H2,1H3. The van der Waals surface area contributed by atoms with Crippen LogP contribution in [0.15, 0.2) is 36.4 Å². The molecule has 2 aliphatic rings. The van der Waals surface area contributed by atoms with Gasteiger partial charge in [0, 0.05) is 39.3 Å². The molecule has 0 radical (unpaired) electrons. The molecule has 0 spiro atoms. The first-order valence-corrected chi connectivity index (χ1v) is 12.8.